The van der Waals surface area contributed by atoms with E-state index in [1.165, 1.54) is 21.4 Å². The molecule has 1 atom stereocenters. The fraction of sp³-hybridized carbons (Fsp3) is 0.348. The van der Waals surface area contributed by atoms with E-state index in [1.54, 1.807) is 11.8 Å². The molecule has 2 heterocycles. The van der Waals surface area contributed by atoms with Crippen LogP contribution in [0.5, 0.6) is 0 Å². The number of carbonyl (C=O) groups excluding carboxylic acids is 1. The first-order valence-electron chi connectivity index (χ1n) is 9.81. The molecule has 3 nitrogen and oxygen atoms in total. The summed E-state index contributed by atoms with van der Waals surface area (Å²) >= 11 is 1.70. The van der Waals surface area contributed by atoms with Crippen molar-refractivity contribution < 1.29 is 4.79 Å². The van der Waals surface area contributed by atoms with E-state index in [1.807, 2.05) is 4.90 Å². The van der Waals surface area contributed by atoms with Gasteiger partial charge in [0.1, 0.15) is 5.25 Å². The summed E-state index contributed by atoms with van der Waals surface area (Å²) in [5.74, 6) is 0.237. The average molecular weight is 379 g/mol. The Balaban J connectivity index is 1.88. The van der Waals surface area contributed by atoms with Gasteiger partial charge in [0.15, 0.2) is 0 Å². The maximum absolute atomic E-state index is 13.6. The number of aromatic nitrogens is 1. The van der Waals surface area contributed by atoms with Crippen molar-refractivity contribution in [3.8, 4) is 11.3 Å². The van der Waals surface area contributed by atoms with Crippen molar-refractivity contribution in [2.45, 2.75) is 43.8 Å². The van der Waals surface area contributed by atoms with Crippen LogP contribution in [-0.4, -0.2) is 28.9 Å². The third kappa shape index (κ3) is 3.16. The van der Waals surface area contributed by atoms with Crippen LogP contribution in [0.4, 0.5) is 0 Å². The lowest BCUT2D eigenvalue weighted by atomic mass is 10.00. The summed E-state index contributed by atoms with van der Waals surface area (Å²) in [4.78, 5) is 20.4. The van der Waals surface area contributed by atoms with Crippen molar-refractivity contribution >= 4 is 28.6 Å². The number of carbonyl (C=O) groups is 1. The zero-order valence-corrected chi connectivity index (χ0v) is 17.0. The van der Waals surface area contributed by atoms with Crippen LogP contribution in [0, 0.1) is 6.92 Å². The van der Waals surface area contributed by atoms with Crippen LogP contribution in [0.3, 0.4) is 0 Å². The second kappa shape index (κ2) is 7.43. The Labute approximate surface area is 165 Å². The molecule has 1 amide bonds. The second-order valence-corrected chi connectivity index (χ2v) is 8.43. The summed E-state index contributed by atoms with van der Waals surface area (Å²) in [5.41, 5.74) is 5.80. The third-order valence-electron chi connectivity index (χ3n) is 5.18. The lowest BCUT2D eigenvalue weighted by Crippen LogP contribution is -2.36. The molecule has 1 aromatic heterocycles. The van der Waals surface area contributed by atoms with Gasteiger partial charge >= 0.3 is 0 Å². The molecule has 0 radical (unpaired) electrons. The van der Waals surface area contributed by atoms with Crippen molar-refractivity contribution in [1.82, 2.24) is 9.88 Å². The molecule has 2 aromatic carbocycles. The van der Waals surface area contributed by atoms with Crippen molar-refractivity contribution in [2.24, 2.45) is 0 Å². The quantitative estimate of drug-likeness (QED) is 0.596. The van der Waals surface area contributed by atoms with Crippen molar-refractivity contribution in [3.05, 3.63) is 53.6 Å². The number of nitrogens with zero attached hydrogens (tertiary/aromatic N) is 1. The Morgan fingerprint density at radius 2 is 1.85 bits per heavy atom. The summed E-state index contributed by atoms with van der Waals surface area (Å²) in [7, 11) is 0. The summed E-state index contributed by atoms with van der Waals surface area (Å²) in [6, 6.07) is 14.9. The highest BCUT2D eigenvalue weighted by atomic mass is 32.2. The van der Waals surface area contributed by atoms with Gasteiger partial charge in [-0.3, -0.25) is 4.79 Å². The van der Waals surface area contributed by atoms with Crippen LogP contribution in [0.2, 0.25) is 0 Å². The molecular weight excluding hydrogens is 352 g/mol. The number of thioether (sulfide) groups is 1. The van der Waals surface area contributed by atoms with Gasteiger partial charge in [0.25, 0.3) is 0 Å². The fourth-order valence-corrected chi connectivity index (χ4v) is 5.31. The number of hydrogen-bond donors (Lipinski definition) is 1. The van der Waals surface area contributed by atoms with E-state index in [0.29, 0.717) is 0 Å². The molecule has 1 aliphatic rings. The Kier molecular flexibility index (Phi) is 5.00. The van der Waals surface area contributed by atoms with Gasteiger partial charge in [0.2, 0.25) is 5.91 Å². The van der Waals surface area contributed by atoms with Crippen LogP contribution >= 0.6 is 11.8 Å². The molecule has 27 heavy (non-hydrogen) atoms. The molecule has 4 rings (SSSR count). The molecule has 0 fully saturated rings. The maximum atomic E-state index is 13.6. The molecule has 3 aromatic rings. The first kappa shape index (κ1) is 18.2. The number of aryl methyl sites for hydroxylation is 1. The minimum Gasteiger partial charge on any atom is -0.354 e. The van der Waals surface area contributed by atoms with Gasteiger partial charge in [-0.05, 0) is 37.5 Å². The molecule has 140 valence electrons. The third-order valence-corrected chi connectivity index (χ3v) is 6.46. The topological polar surface area (TPSA) is 36.1 Å². The molecule has 0 saturated carbocycles. The van der Waals surface area contributed by atoms with Gasteiger partial charge in [0, 0.05) is 40.0 Å². The number of nitrogens with one attached hydrogen (secondary N) is 1. The maximum Gasteiger partial charge on any atom is 0.240 e. The number of aromatic amines is 1. The SMILES string of the molecule is CCCN(CCC)C(=O)C1Sc2ccccc2-c2[nH]c3cc(C)ccc3c21. The lowest BCUT2D eigenvalue weighted by Gasteiger charge is -2.30. The van der Waals surface area contributed by atoms with Gasteiger partial charge in [-0.2, -0.15) is 0 Å². The van der Waals surface area contributed by atoms with E-state index >= 15 is 0 Å². The van der Waals surface area contributed by atoms with Crippen molar-refractivity contribution in [1.29, 1.82) is 0 Å². The number of fused-ring (bicyclic) bond motifs is 5. The lowest BCUT2D eigenvalue weighted by molar-refractivity contribution is -0.130. The molecule has 0 aliphatic carbocycles. The van der Waals surface area contributed by atoms with Gasteiger partial charge in [0.05, 0.1) is 5.69 Å². The van der Waals surface area contributed by atoms with Crippen LogP contribution in [0.15, 0.2) is 47.4 Å². The normalized spacial score (nSPS) is 15.4. The zero-order valence-electron chi connectivity index (χ0n) is 16.2. The average Bonchev–Trinajstić information content (AvgIpc) is 3.05. The number of benzene rings is 2. The summed E-state index contributed by atoms with van der Waals surface area (Å²) in [5, 5.41) is 0.980. The van der Waals surface area contributed by atoms with E-state index in [0.717, 1.165) is 42.7 Å². The Morgan fingerprint density at radius 1 is 1.11 bits per heavy atom. The number of amides is 1. The molecular formula is C23H26N2OS. The molecule has 1 N–H and O–H groups in total. The van der Waals surface area contributed by atoms with E-state index in [2.05, 4.69) is 68.2 Å². The highest BCUT2D eigenvalue weighted by Gasteiger charge is 2.35. The molecule has 0 saturated heterocycles. The van der Waals surface area contributed by atoms with Gasteiger partial charge in [-0.1, -0.05) is 44.2 Å². The van der Waals surface area contributed by atoms with Crippen LogP contribution < -0.4 is 0 Å². The zero-order chi connectivity index (χ0) is 19.0. The largest absolute Gasteiger partial charge is 0.354 e. The summed E-state index contributed by atoms with van der Waals surface area (Å²) < 4.78 is 0. The van der Waals surface area contributed by atoms with Gasteiger partial charge in [-0.25, -0.2) is 0 Å². The standard InChI is InChI=1S/C23H26N2OS/c1-4-12-25(13-5-2)23(26)22-20-16-11-10-15(3)14-18(16)24-21(20)17-8-6-7-9-19(17)27-22/h6-11,14,22,24H,4-5,12-13H2,1-3H3. The first-order valence-corrected chi connectivity index (χ1v) is 10.7. The Hall–Kier alpha value is -2.20. The Morgan fingerprint density at radius 3 is 2.59 bits per heavy atom. The van der Waals surface area contributed by atoms with E-state index in [-0.39, 0.29) is 11.2 Å². The summed E-state index contributed by atoms with van der Waals surface area (Å²) in [6.07, 6.45) is 1.97. The molecule has 0 spiro atoms. The highest BCUT2D eigenvalue weighted by Crippen LogP contribution is 2.51. The van der Waals surface area contributed by atoms with Crippen LogP contribution in [0.1, 0.15) is 43.1 Å². The van der Waals surface area contributed by atoms with Gasteiger partial charge < -0.3 is 9.88 Å². The number of H-pyrrole nitrogens is 1. The monoisotopic (exact) mass is 378 g/mol. The fourth-order valence-electron chi connectivity index (χ4n) is 3.99. The smallest absolute Gasteiger partial charge is 0.240 e. The van der Waals surface area contributed by atoms with E-state index in [4.69, 9.17) is 0 Å². The minimum atomic E-state index is -0.190. The highest BCUT2D eigenvalue weighted by molar-refractivity contribution is 8.00. The van der Waals surface area contributed by atoms with Crippen molar-refractivity contribution in [2.75, 3.05) is 13.1 Å². The Bertz CT molecular complexity index is 985. The first-order chi connectivity index (χ1) is 13.1. The van der Waals surface area contributed by atoms with Crippen LogP contribution in [0.25, 0.3) is 22.2 Å². The number of rotatable bonds is 5. The van der Waals surface area contributed by atoms with E-state index in [9.17, 15) is 4.79 Å². The molecule has 1 unspecified atom stereocenters. The molecule has 0 bridgehead atoms. The summed E-state index contributed by atoms with van der Waals surface area (Å²) in [6.45, 7) is 8.03. The number of hydrogen-bond acceptors (Lipinski definition) is 2. The van der Waals surface area contributed by atoms with Crippen molar-refractivity contribution in [3.63, 3.8) is 0 Å². The minimum absolute atomic E-state index is 0.190. The van der Waals surface area contributed by atoms with Gasteiger partial charge in [-0.15, -0.1) is 11.8 Å². The predicted octanol–water partition coefficient (Wildman–Crippen LogP) is 5.94. The predicted molar refractivity (Wildman–Crippen MR) is 114 cm³/mol. The molecule has 1 aliphatic heterocycles. The molecule has 4 heteroatoms. The van der Waals surface area contributed by atoms with Crippen LogP contribution in [-0.2, 0) is 4.79 Å². The van der Waals surface area contributed by atoms with E-state index < -0.39 is 0 Å². The second-order valence-electron chi connectivity index (χ2n) is 7.28.